The molecule has 0 aliphatic heterocycles. The van der Waals surface area contributed by atoms with Gasteiger partial charge in [-0.05, 0) is 50.4 Å². The minimum Gasteiger partial charge on any atom is -0.0885 e. The molecular formula is C15H26. The van der Waals surface area contributed by atoms with Crippen LogP contribution in [0.25, 0.3) is 0 Å². The average molecular weight is 206 g/mol. The van der Waals surface area contributed by atoms with Crippen LogP contribution in [0.2, 0.25) is 0 Å². The Morgan fingerprint density at radius 1 is 0.867 bits per heavy atom. The zero-order chi connectivity index (χ0) is 10.9. The molecule has 0 heterocycles. The second kappa shape index (κ2) is 7.73. The van der Waals surface area contributed by atoms with Crippen molar-refractivity contribution in [2.24, 2.45) is 11.8 Å². The number of allylic oxidation sites excluding steroid dienone is 4. The number of rotatable bonds is 5. The predicted molar refractivity (Wildman–Crippen MR) is 68.9 cm³/mol. The lowest BCUT2D eigenvalue weighted by Gasteiger charge is -2.24. The van der Waals surface area contributed by atoms with Gasteiger partial charge in [-0.1, -0.05) is 44.6 Å². The van der Waals surface area contributed by atoms with E-state index in [2.05, 4.69) is 38.2 Å². The molecule has 0 saturated heterocycles. The topological polar surface area (TPSA) is 0 Å². The fourth-order valence-corrected chi connectivity index (χ4v) is 2.31. The molecule has 0 heteroatoms. The summed E-state index contributed by atoms with van der Waals surface area (Å²) in [5.74, 6) is 1.75. The van der Waals surface area contributed by atoms with Crippen molar-refractivity contribution in [3.05, 3.63) is 24.3 Å². The molecule has 0 amide bonds. The molecule has 0 radical (unpaired) electrons. The standard InChI is InChI=1S/C15H26/c1-3-5-7-9-15-12-10-14(11-13-15)8-6-4-2/h6-9,14-15H,3-5,10-13H2,1-2H3. The van der Waals surface area contributed by atoms with E-state index in [0.29, 0.717) is 0 Å². The van der Waals surface area contributed by atoms with Crippen LogP contribution in [-0.2, 0) is 0 Å². The Hall–Kier alpha value is -0.520. The summed E-state index contributed by atoms with van der Waals surface area (Å²) in [6, 6.07) is 0. The van der Waals surface area contributed by atoms with Gasteiger partial charge in [-0.3, -0.25) is 0 Å². The Labute approximate surface area is 95.5 Å². The van der Waals surface area contributed by atoms with Crippen LogP contribution < -0.4 is 0 Å². The molecule has 0 N–H and O–H groups in total. The third kappa shape index (κ3) is 5.20. The summed E-state index contributed by atoms with van der Waals surface area (Å²) in [6.07, 6.45) is 18.9. The van der Waals surface area contributed by atoms with Gasteiger partial charge in [0.2, 0.25) is 0 Å². The molecule has 15 heavy (non-hydrogen) atoms. The van der Waals surface area contributed by atoms with E-state index in [0.717, 1.165) is 11.8 Å². The fraction of sp³-hybridized carbons (Fsp3) is 0.733. The minimum absolute atomic E-state index is 0.876. The molecule has 0 spiro atoms. The van der Waals surface area contributed by atoms with Crippen molar-refractivity contribution in [3.8, 4) is 0 Å². The van der Waals surface area contributed by atoms with Crippen LogP contribution in [0.1, 0.15) is 58.8 Å². The van der Waals surface area contributed by atoms with E-state index in [9.17, 15) is 0 Å². The number of hydrogen-bond donors (Lipinski definition) is 0. The molecule has 0 nitrogen and oxygen atoms in total. The SMILES string of the molecule is CCC=CC1CCC(C=CCCC)CC1. The maximum absolute atomic E-state index is 2.46. The number of unbranched alkanes of at least 4 members (excludes halogenated alkanes) is 1. The van der Waals surface area contributed by atoms with Gasteiger partial charge in [0.1, 0.15) is 0 Å². The average Bonchev–Trinajstić information content (AvgIpc) is 2.28. The van der Waals surface area contributed by atoms with E-state index in [1.54, 1.807) is 0 Å². The Morgan fingerprint density at radius 2 is 1.40 bits per heavy atom. The van der Waals surface area contributed by atoms with Crippen LogP contribution in [-0.4, -0.2) is 0 Å². The summed E-state index contributed by atoms with van der Waals surface area (Å²) in [5, 5.41) is 0. The molecule has 0 atom stereocenters. The molecule has 0 aromatic carbocycles. The lowest BCUT2D eigenvalue weighted by Crippen LogP contribution is -2.11. The van der Waals surface area contributed by atoms with Crippen LogP contribution in [0.15, 0.2) is 24.3 Å². The van der Waals surface area contributed by atoms with E-state index in [4.69, 9.17) is 0 Å². The largest absolute Gasteiger partial charge is 0.0885 e. The highest BCUT2D eigenvalue weighted by Crippen LogP contribution is 2.30. The maximum atomic E-state index is 2.46. The zero-order valence-corrected chi connectivity index (χ0v) is 10.4. The molecule has 0 aromatic heterocycles. The van der Waals surface area contributed by atoms with Crippen molar-refractivity contribution in [2.45, 2.75) is 58.8 Å². The zero-order valence-electron chi connectivity index (χ0n) is 10.4. The Morgan fingerprint density at radius 3 is 1.87 bits per heavy atom. The Bertz CT molecular complexity index is 192. The van der Waals surface area contributed by atoms with Crippen LogP contribution in [0.3, 0.4) is 0 Å². The molecule has 86 valence electrons. The van der Waals surface area contributed by atoms with Crippen LogP contribution in [0.5, 0.6) is 0 Å². The molecule has 0 unspecified atom stereocenters. The Kier molecular flexibility index (Phi) is 6.47. The molecule has 1 aliphatic rings. The summed E-state index contributed by atoms with van der Waals surface area (Å²) in [7, 11) is 0. The maximum Gasteiger partial charge on any atom is -0.0233 e. The van der Waals surface area contributed by atoms with Gasteiger partial charge in [-0.2, -0.15) is 0 Å². The molecular weight excluding hydrogens is 180 g/mol. The fourth-order valence-electron chi connectivity index (χ4n) is 2.31. The highest BCUT2D eigenvalue weighted by Gasteiger charge is 2.16. The van der Waals surface area contributed by atoms with Crippen molar-refractivity contribution >= 4 is 0 Å². The van der Waals surface area contributed by atoms with E-state index >= 15 is 0 Å². The highest BCUT2D eigenvalue weighted by atomic mass is 14.2. The van der Waals surface area contributed by atoms with E-state index in [1.165, 1.54) is 44.9 Å². The first kappa shape index (κ1) is 12.5. The smallest absolute Gasteiger partial charge is 0.0233 e. The highest BCUT2D eigenvalue weighted by molar-refractivity contribution is 4.95. The van der Waals surface area contributed by atoms with Gasteiger partial charge >= 0.3 is 0 Å². The molecule has 0 bridgehead atoms. The lowest BCUT2D eigenvalue weighted by atomic mass is 9.81. The monoisotopic (exact) mass is 206 g/mol. The van der Waals surface area contributed by atoms with Gasteiger partial charge in [0.05, 0.1) is 0 Å². The van der Waals surface area contributed by atoms with Crippen molar-refractivity contribution < 1.29 is 0 Å². The van der Waals surface area contributed by atoms with E-state index in [1.807, 2.05) is 0 Å². The van der Waals surface area contributed by atoms with Gasteiger partial charge in [-0.25, -0.2) is 0 Å². The summed E-state index contributed by atoms with van der Waals surface area (Å²) in [5.41, 5.74) is 0. The molecule has 1 rings (SSSR count). The van der Waals surface area contributed by atoms with Gasteiger partial charge in [0.25, 0.3) is 0 Å². The predicted octanol–water partition coefficient (Wildman–Crippen LogP) is 5.12. The third-order valence-electron chi connectivity index (χ3n) is 3.32. The normalized spacial score (nSPS) is 27.9. The van der Waals surface area contributed by atoms with Crippen molar-refractivity contribution in [2.75, 3.05) is 0 Å². The summed E-state index contributed by atoms with van der Waals surface area (Å²) in [6.45, 7) is 4.46. The van der Waals surface area contributed by atoms with Crippen molar-refractivity contribution in [1.82, 2.24) is 0 Å². The first-order valence-electron chi connectivity index (χ1n) is 6.70. The van der Waals surface area contributed by atoms with Crippen LogP contribution >= 0.6 is 0 Å². The molecule has 0 aromatic rings. The quantitative estimate of drug-likeness (QED) is 0.548. The van der Waals surface area contributed by atoms with Crippen molar-refractivity contribution in [3.63, 3.8) is 0 Å². The first-order valence-corrected chi connectivity index (χ1v) is 6.70. The van der Waals surface area contributed by atoms with Crippen molar-refractivity contribution in [1.29, 1.82) is 0 Å². The summed E-state index contributed by atoms with van der Waals surface area (Å²) >= 11 is 0. The summed E-state index contributed by atoms with van der Waals surface area (Å²) in [4.78, 5) is 0. The van der Waals surface area contributed by atoms with Gasteiger partial charge in [0, 0.05) is 0 Å². The Balaban J connectivity index is 2.20. The van der Waals surface area contributed by atoms with E-state index < -0.39 is 0 Å². The van der Waals surface area contributed by atoms with Gasteiger partial charge in [0.15, 0.2) is 0 Å². The third-order valence-corrected chi connectivity index (χ3v) is 3.32. The minimum atomic E-state index is 0.876. The van der Waals surface area contributed by atoms with Gasteiger partial charge < -0.3 is 0 Å². The van der Waals surface area contributed by atoms with E-state index in [-0.39, 0.29) is 0 Å². The van der Waals surface area contributed by atoms with Crippen LogP contribution in [0, 0.1) is 11.8 Å². The lowest BCUT2D eigenvalue weighted by molar-refractivity contribution is 0.355. The second-order valence-electron chi connectivity index (χ2n) is 4.73. The molecule has 1 aliphatic carbocycles. The second-order valence-corrected chi connectivity index (χ2v) is 4.73. The van der Waals surface area contributed by atoms with Crippen LogP contribution in [0.4, 0.5) is 0 Å². The first-order chi connectivity index (χ1) is 7.36. The number of hydrogen-bond acceptors (Lipinski definition) is 0. The van der Waals surface area contributed by atoms with Gasteiger partial charge in [-0.15, -0.1) is 0 Å². The molecule has 1 saturated carbocycles. The summed E-state index contributed by atoms with van der Waals surface area (Å²) < 4.78 is 0. The molecule has 1 fully saturated rings.